The highest BCUT2D eigenvalue weighted by atomic mass is 32.1. The molecule has 2 rings (SSSR count). The first kappa shape index (κ1) is 12.3. The molecule has 1 N–H and O–H groups in total. The minimum absolute atomic E-state index is 0.0705. The summed E-state index contributed by atoms with van der Waals surface area (Å²) >= 11 is 1.33. The molecule has 17 heavy (non-hydrogen) atoms. The maximum absolute atomic E-state index is 10.8. The van der Waals surface area contributed by atoms with E-state index in [1.165, 1.54) is 11.5 Å². The van der Waals surface area contributed by atoms with Crippen LogP contribution in [0.25, 0.3) is 0 Å². The lowest BCUT2D eigenvalue weighted by Crippen LogP contribution is -2.46. The standard InChI is InChI=1S/C10H15N3O3S/c1-2-8-11-10(17-12-8)13-3-4-16-6-7(13)5-9(14)15/h7H,2-6H2,1H3,(H,14,15). The lowest BCUT2D eigenvalue weighted by atomic mass is 10.2. The third-order valence-corrected chi connectivity index (χ3v) is 3.45. The highest BCUT2D eigenvalue weighted by molar-refractivity contribution is 7.09. The molecule has 1 atom stereocenters. The average molecular weight is 257 g/mol. The van der Waals surface area contributed by atoms with Crippen LogP contribution < -0.4 is 4.90 Å². The van der Waals surface area contributed by atoms with Crippen molar-refractivity contribution in [2.45, 2.75) is 25.8 Å². The second kappa shape index (κ2) is 5.42. The number of carboxylic acid groups (broad SMARTS) is 1. The Morgan fingerprint density at radius 3 is 3.18 bits per heavy atom. The third-order valence-electron chi connectivity index (χ3n) is 2.66. The van der Waals surface area contributed by atoms with Crippen molar-refractivity contribution in [2.75, 3.05) is 24.7 Å². The summed E-state index contributed by atoms with van der Waals surface area (Å²) in [5.41, 5.74) is 0. The van der Waals surface area contributed by atoms with Crippen LogP contribution in [0.15, 0.2) is 0 Å². The van der Waals surface area contributed by atoms with Gasteiger partial charge in [-0.15, -0.1) is 0 Å². The summed E-state index contributed by atoms with van der Waals surface area (Å²) in [6, 6.07) is -0.140. The van der Waals surface area contributed by atoms with Crippen molar-refractivity contribution < 1.29 is 14.6 Å². The molecule has 0 radical (unpaired) electrons. The molecule has 1 unspecified atom stereocenters. The number of carbonyl (C=O) groups is 1. The number of ether oxygens (including phenoxy) is 1. The van der Waals surface area contributed by atoms with E-state index >= 15 is 0 Å². The van der Waals surface area contributed by atoms with Gasteiger partial charge in [0.2, 0.25) is 5.13 Å². The van der Waals surface area contributed by atoms with E-state index in [1.54, 1.807) is 0 Å². The predicted molar refractivity (Wildman–Crippen MR) is 63.5 cm³/mol. The first-order valence-electron chi connectivity index (χ1n) is 5.59. The Bertz CT molecular complexity index is 396. The summed E-state index contributed by atoms with van der Waals surface area (Å²) in [6.45, 7) is 3.72. The van der Waals surface area contributed by atoms with Crippen molar-refractivity contribution in [3.05, 3.63) is 5.82 Å². The van der Waals surface area contributed by atoms with Gasteiger partial charge in [0.05, 0.1) is 25.7 Å². The number of carboxylic acids is 1. The molecule has 6 nitrogen and oxygen atoms in total. The van der Waals surface area contributed by atoms with Gasteiger partial charge in [-0.05, 0) is 0 Å². The normalized spacial score (nSPS) is 20.5. The van der Waals surface area contributed by atoms with Gasteiger partial charge in [0.1, 0.15) is 5.82 Å². The largest absolute Gasteiger partial charge is 0.481 e. The van der Waals surface area contributed by atoms with E-state index in [0.717, 1.165) is 17.4 Å². The van der Waals surface area contributed by atoms with Crippen LogP contribution >= 0.6 is 11.5 Å². The molecule has 1 fully saturated rings. The summed E-state index contributed by atoms with van der Waals surface area (Å²) in [7, 11) is 0. The minimum atomic E-state index is -0.814. The molecular weight excluding hydrogens is 242 g/mol. The zero-order valence-electron chi connectivity index (χ0n) is 9.63. The van der Waals surface area contributed by atoms with Crippen LogP contribution in [0.1, 0.15) is 19.2 Å². The summed E-state index contributed by atoms with van der Waals surface area (Å²) in [6.07, 6.45) is 0.867. The molecule has 0 aliphatic carbocycles. The molecule has 0 amide bonds. The maximum atomic E-state index is 10.8. The number of morpholine rings is 1. The van der Waals surface area contributed by atoms with E-state index in [1.807, 2.05) is 11.8 Å². The van der Waals surface area contributed by atoms with Gasteiger partial charge in [-0.3, -0.25) is 4.79 Å². The van der Waals surface area contributed by atoms with Gasteiger partial charge < -0.3 is 14.7 Å². The van der Waals surface area contributed by atoms with Gasteiger partial charge in [-0.1, -0.05) is 6.92 Å². The van der Waals surface area contributed by atoms with Crippen LogP contribution in [-0.2, 0) is 16.0 Å². The second-order valence-corrected chi connectivity index (χ2v) is 4.60. The first-order chi connectivity index (χ1) is 8.20. The Labute approximate surface area is 103 Å². The van der Waals surface area contributed by atoms with Gasteiger partial charge in [0.15, 0.2) is 0 Å². The molecule has 0 bridgehead atoms. The summed E-state index contributed by atoms with van der Waals surface area (Å²) in [5, 5.41) is 9.67. The average Bonchev–Trinajstić information content (AvgIpc) is 2.77. The van der Waals surface area contributed by atoms with E-state index in [-0.39, 0.29) is 12.5 Å². The number of aromatic nitrogens is 2. The number of aryl methyl sites for hydroxylation is 1. The van der Waals surface area contributed by atoms with E-state index < -0.39 is 5.97 Å². The van der Waals surface area contributed by atoms with Gasteiger partial charge >= 0.3 is 5.97 Å². The van der Waals surface area contributed by atoms with Crippen LogP contribution in [0.3, 0.4) is 0 Å². The number of hydrogen-bond donors (Lipinski definition) is 1. The SMILES string of the molecule is CCc1nsc(N2CCOCC2CC(=O)O)n1. The predicted octanol–water partition coefficient (Wildman–Crippen LogP) is 0.780. The summed E-state index contributed by atoms with van der Waals surface area (Å²) in [4.78, 5) is 17.2. The first-order valence-corrected chi connectivity index (χ1v) is 6.36. The highest BCUT2D eigenvalue weighted by Gasteiger charge is 2.27. The smallest absolute Gasteiger partial charge is 0.305 e. The fraction of sp³-hybridized carbons (Fsp3) is 0.700. The Morgan fingerprint density at radius 1 is 1.71 bits per heavy atom. The topological polar surface area (TPSA) is 75.6 Å². The van der Waals surface area contributed by atoms with E-state index in [0.29, 0.717) is 19.8 Å². The maximum Gasteiger partial charge on any atom is 0.305 e. The van der Waals surface area contributed by atoms with Crippen molar-refractivity contribution in [1.82, 2.24) is 9.36 Å². The van der Waals surface area contributed by atoms with Gasteiger partial charge in [-0.25, -0.2) is 4.98 Å². The Balaban J connectivity index is 2.12. The lowest BCUT2D eigenvalue weighted by molar-refractivity contribution is -0.138. The Morgan fingerprint density at radius 2 is 2.53 bits per heavy atom. The third kappa shape index (κ3) is 2.92. The Kier molecular flexibility index (Phi) is 3.90. The minimum Gasteiger partial charge on any atom is -0.481 e. The molecule has 1 aromatic heterocycles. The number of hydrogen-bond acceptors (Lipinski definition) is 6. The fourth-order valence-electron chi connectivity index (χ4n) is 1.78. The molecule has 0 aromatic carbocycles. The zero-order chi connectivity index (χ0) is 12.3. The molecule has 94 valence electrons. The second-order valence-electron chi connectivity index (χ2n) is 3.87. The molecule has 1 aliphatic rings. The highest BCUT2D eigenvalue weighted by Crippen LogP contribution is 2.23. The van der Waals surface area contributed by atoms with Gasteiger partial charge in [0.25, 0.3) is 0 Å². The van der Waals surface area contributed by atoms with Crippen molar-refractivity contribution in [3.63, 3.8) is 0 Å². The summed E-state index contributed by atoms with van der Waals surface area (Å²) < 4.78 is 9.54. The molecule has 1 saturated heterocycles. The van der Waals surface area contributed by atoms with Crippen molar-refractivity contribution in [3.8, 4) is 0 Å². The van der Waals surface area contributed by atoms with Crippen LogP contribution in [0.4, 0.5) is 5.13 Å². The van der Waals surface area contributed by atoms with Crippen LogP contribution in [0.2, 0.25) is 0 Å². The number of rotatable bonds is 4. The Hall–Kier alpha value is -1.21. The van der Waals surface area contributed by atoms with E-state index in [9.17, 15) is 4.79 Å². The van der Waals surface area contributed by atoms with Crippen molar-refractivity contribution in [2.24, 2.45) is 0 Å². The van der Waals surface area contributed by atoms with Crippen LogP contribution in [-0.4, -0.2) is 46.2 Å². The molecule has 0 saturated carbocycles. The molecular formula is C10H15N3O3S. The monoisotopic (exact) mass is 257 g/mol. The summed E-state index contributed by atoms with van der Waals surface area (Å²) in [5.74, 6) is -0.00343. The van der Waals surface area contributed by atoms with Crippen LogP contribution in [0, 0.1) is 0 Å². The molecule has 7 heteroatoms. The zero-order valence-corrected chi connectivity index (χ0v) is 10.4. The van der Waals surface area contributed by atoms with Gasteiger partial charge in [-0.2, -0.15) is 4.37 Å². The molecule has 1 aliphatic heterocycles. The quantitative estimate of drug-likeness (QED) is 0.859. The number of aliphatic carboxylic acids is 1. The van der Waals surface area contributed by atoms with Gasteiger partial charge in [0, 0.05) is 24.5 Å². The molecule has 0 spiro atoms. The van der Waals surface area contributed by atoms with Crippen molar-refractivity contribution in [1.29, 1.82) is 0 Å². The van der Waals surface area contributed by atoms with E-state index in [4.69, 9.17) is 9.84 Å². The fourth-order valence-corrected chi connectivity index (χ4v) is 2.63. The van der Waals surface area contributed by atoms with E-state index in [2.05, 4.69) is 9.36 Å². The lowest BCUT2D eigenvalue weighted by Gasteiger charge is -2.34. The van der Waals surface area contributed by atoms with Crippen molar-refractivity contribution >= 4 is 22.6 Å². The molecule has 1 aromatic rings. The number of anilines is 1. The molecule has 2 heterocycles. The van der Waals surface area contributed by atoms with Crippen LogP contribution in [0.5, 0.6) is 0 Å². The number of nitrogens with zero attached hydrogens (tertiary/aromatic N) is 3.